The van der Waals surface area contributed by atoms with E-state index in [9.17, 15) is 22.9 Å². The summed E-state index contributed by atoms with van der Waals surface area (Å²) in [6, 6.07) is 1.80. The molecule has 1 aromatic rings. The number of nitro benzene ring substituents is 1. The Morgan fingerprint density at radius 1 is 1.39 bits per heavy atom. The van der Waals surface area contributed by atoms with E-state index in [0.29, 0.717) is 0 Å². The van der Waals surface area contributed by atoms with Crippen molar-refractivity contribution < 1.29 is 17.7 Å². The van der Waals surface area contributed by atoms with Crippen LogP contribution in [-0.4, -0.2) is 29.7 Å². The quantitative estimate of drug-likeness (QED) is 0.618. The van der Waals surface area contributed by atoms with Gasteiger partial charge in [0, 0.05) is 17.7 Å². The lowest BCUT2D eigenvalue weighted by Gasteiger charge is -2.43. The van der Waals surface area contributed by atoms with Gasteiger partial charge in [-0.05, 0) is 20.8 Å². The van der Waals surface area contributed by atoms with E-state index in [-0.39, 0.29) is 11.4 Å². The summed E-state index contributed by atoms with van der Waals surface area (Å²) in [5.41, 5.74) is -2.26. The van der Waals surface area contributed by atoms with Crippen LogP contribution >= 0.6 is 11.6 Å². The second kappa shape index (κ2) is 5.13. The van der Waals surface area contributed by atoms with Crippen molar-refractivity contribution in [2.24, 2.45) is 0 Å². The van der Waals surface area contributed by atoms with Gasteiger partial charge in [-0.15, -0.1) is 0 Å². The van der Waals surface area contributed by atoms with Crippen LogP contribution in [0.25, 0.3) is 0 Å². The fourth-order valence-corrected chi connectivity index (χ4v) is 4.33. The number of benzene rings is 1. The normalized spacial score (nSPS) is 25.7. The van der Waals surface area contributed by atoms with E-state index in [2.05, 4.69) is 5.32 Å². The molecule has 1 saturated heterocycles. The molecule has 0 saturated carbocycles. The molecule has 0 radical (unpaired) electrons. The highest BCUT2D eigenvalue weighted by Crippen LogP contribution is 2.38. The highest BCUT2D eigenvalue weighted by molar-refractivity contribution is 7.93. The molecule has 23 heavy (non-hydrogen) atoms. The molecule has 2 rings (SSSR count). The number of nitrogens with one attached hydrogen (secondary N) is 2. The van der Waals surface area contributed by atoms with Crippen LogP contribution in [0.5, 0.6) is 0 Å². The van der Waals surface area contributed by atoms with Gasteiger partial charge in [-0.1, -0.05) is 11.6 Å². The molecule has 0 spiro atoms. The zero-order valence-corrected chi connectivity index (χ0v) is 14.2. The van der Waals surface area contributed by atoms with Crippen LogP contribution in [0.15, 0.2) is 12.1 Å². The summed E-state index contributed by atoms with van der Waals surface area (Å²) in [4.78, 5) is 10.2. The highest BCUT2D eigenvalue weighted by atomic mass is 35.5. The zero-order chi connectivity index (χ0) is 17.8. The van der Waals surface area contributed by atoms with Crippen molar-refractivity contribution in [3.63, 3.8) is 0 Å². The maximum absolute atomic E-state index is 14.4. The molecule has 126 valence electrons. The summed E-state index contributed by atoms with van der Waals surface area (Å²) >= 11 is 5.70. The average molecular weight is 364 g/mol. The summed E-state index contributed by atoms with van der Waals surface area (Å²) in [5, 5.41) is 21.1. The summed E-state index contributed by atoms with van der Waals surface area (Å²) in [6.07, 6.45) is 0. The van der Waals surface area contributed by atoms with Gasteiger partial charge in [0.25, 0.3) is 5.69 Å². The van der Waals surface area contributed by atoms with E-state index in [1.54, 1.807) is 0 Å². The fraction of sp³-hybridized carbons (Fsp3) is 0.462. The Morgan fingerprint density at radius 3 is 2.43 bits per heavy atom. The Morgan fingerprint density at radius 2 is 1.96 bits per heavy atom. The lowest BCUT2D eigenvalue weighted by atomic mass is 9.91. The van der Waals surface area contributed by atoms with E-state index in [4.69, 9.17) is 17.0 Å². The Kier molecular flexibility index (Phi) is 3.93. The molecule has 1 fully saturated rings. The smallest absolute Gasteiger partial charge is 0.271 e. The first-order chi connectivity index (χ1) is 10.3. The maximum Gasteiger partial charge on any atom is 0.271 e. The molecular weight excluding hydrogens is 349 g/mol. The molecule has 0 amide bonds. The summed E-state index contributed by atoms with van der Waals surface area (Å²) in [7, 11) is -3.80. The minimum Gasteiger partial charge on any atom is -0.362 e. The van der Waals surface area contributed by atoms with Gasteiger partial charge in [0.15, 0.2) is 9.84 Å². The molecule has 0 aliphatic carbocycles. The number of nitro groups is 1. The first-order valence-electron chi connectivity index (χ1n) is 6.55. The van der Waals surface area contributed by atoms with Gasteiger partial charge in [0.05, 0.1) is 21.2 Å². The summed E-state index contributed by atoms with van der Waals surface area (Å²) in [6.45, 7) is 4.11. The largest absolute Gasteiger partial charge is 0.362 e. The third-order valence-corrected chi connectivity index (χ3v) is 7.07. The van der Waals surface area contributed by atoms with Crippen LogP contribution in [-0.2, 0) is 15.4 Å². The zero-order valence-electron chi connectivity index (χ0n) is 12.6. The number of rotatable bonds is 2. The van der Waals surface area contributed by atoms with Crippen LogP contribution in [0.3, 0.4) is 0 Å². The molecule has 0 unspecified atom stereocenters. The van der Waals surface area contributed by atoms with Gasteiger partial charge in [-0.25, -0.2) is 12.8 Å². The van der Waals surface area contributed by atoms with Gasteiger partial charge < -0.3 is 5.32 Å². The molecular formula is C13H15ClFN3O4S. The first-order valence-corrected chi connectivity index (χ1v) is 8.58. The lowest BCUT2D eigenvalue weighted by molar-refractivity contribution is -0.385. The molecule has 1 atom stereocenters. The molecule has 1 aromatic carbocycles. The number of amidine groups is 1. The van der Waals surface area contributed by atoms with Gasteiger partial charge in [-0.2, -0.15) is 0 Å². The van der Waals surface area contributed by atoms with E-state index in [1.807, 2.05) is 0 Å². The number of sulfone groups is 1. The molecule has 10 heteroatoms. The summed E-state index contributed by atoms with van der Waals surface area (Å²) < 4.78 is 37.8. The van der Waals surface area contributed by atoms with Crippen molar-refractivity contribution >= 4 is 33.0 Å². The van der Waals surface area contributed by atoms with Gasteiger partial charge >= 0.3 is 0 Å². The monoisotopic (exact) mass is 363 g/mol. The van der Waals surface area contributed by atoms with Crippen LogP contribution in [0.1, 0.15) is 26.3 Å². The standard InChI is InChI=1S/C13H15ClFN3O4S/c1-12(2)11(16)17-13(3,6-23(12,21)22)8-4-7(18(19)20)5-9(14)10(8)15/h4-5H,6H2,1-3H3,(H2,16,17)/t13-/m0/s1. The third-order valence-electron chi connectivity index (χ3n) is 4.08. The molecule has 7 nitrogen and oxygen atoms in total. The van der Waals surface area contributed by atoms with Gasteiger partial charge in [-0.3, -0.25) is 15.5 Å². The maximum atomic E-state index is 14.4. The first kappa shape index (κ1) is 17.6. The fourth-order valence-electron chi connectivity index (χ4n) is 2.41. The van der Waals surface area contributed by atoms with Crippen molar-refractivity contribution in [2.75, 3.05) is 5.75 Å². The Bertz CT molecular complexity index is 825. The van der Waals surface area contributed by atoms with Crippen LogP contribution in [0.4, 0.5) is 10.1 Å². The van der Waals surface area contributed by atoms with E-state index in [1.165, 1.54) is 20.8 Å². The molecule has 2 N–H and O–H groups in total. The third kappa shape index (κ3) is 2.67. The van der Waals surface area contributed by atoms with Crippen molar-refractivity contribution in [2.45, 2.75) is 31.1 Å². The van der Waals surface area contributed by atoms with Crippen molar-refractivity contribution in [3.8, 4) is 0 Å². The number of nitrogens with zero attached hydrogens (tertiary/aromatic N) is 1. The second-order valence-electron chi connectivity index (χ2n) is 6.15. The van der Waals surface area contributed by atoms with Crippen molar-refractivity contribution in [1.29, 1.82) is 5.41 Å². The van der Waals surface area contributed by atoms with Crippen molar-refractivity contribution in [1.82, 2.24) is 5.32 Å². The lowest BCUT2D eigenvalue weighted by Crippen LogP contribution is -2.64. The minimum atomic E-state index is -3.80. The van der Waals surface area contributed by atoms with Crippen LogP contribution in [0.2, 0.25) is 5.02 Å². The molecule has 1 aliphatic rings. The topological polar surface area (TPSA) is 113 Å². The van der Waals surface area contributed by atoms with Crippen LogP contribution < -0.4 is 5.32 Å². The highest BCUT2D eigenvalue weighted by Gasteiger charge is 2.51. The average Bonchev–Trinajstić information content (AvgIpc) is 2.38. The van der Waals surface area contributed by atoms with E-state index >= 15 is 0 Å². The van der Waals surface area contributed by atoms with E-state index < -0.39 is 47.3 Å². The Balaban J connectivity index is 2.67. The minimum absolute atomic E-state index is 0.263. The second-order valence-corrected chi connectivity index (χ2v) is 9.09. The molecule has 0 aromatic heterocycles. The number of non-ortho nitro benzene ring substituents is 1. The number of hydrogen-bond donors (Lipinski definition) is 2. The Hall–Kier alpha value is -1.74. The van der Waals surface area contributed by atoms with Crippen molar-refractivity contribution in [3.05, 3.63) is 38.7 Å². The molecule has 1 aliphatic heterocycles. The predicted molar refractivity (Wildman–Crippen MR) is 84.1 cm³/mol. The predicted octanol–water partition coefficient (Wildman–Crippen LogP) is 2.38. The Labute approximate surface area is 137 Å². The molecule has 0 bridgehead atoms. The van der Waals surface area contributed by atoms with Gasteiger partial charge in [0.2, 0.25) is 0 Å². The summed E-state index contributed by atoms with van der Waals surface area (Å²) in [5.74, 6) is -1.78. The number of hydrogen-bond acceptors (Lipinski definition) is 5. The van der Waals surface area contributed by atoms with Gasteiger partial charge in [0.1, 0.15) is 16.4 Å². The number of halogens is 2. The molecule has 1 heterocycles. The van der Waals surface area contributed by atoms with Crippen LogP contribution in [0, 0.1) is 21.3 Å². The van der Waals surface area contributed by atoms with E-state index in [0.717, 1.165) is 12.1 Å². The SMILES string of the molecule is CC1(C)C(=N)N[C@](C)(c2cc([N+](=O)[O-])cc(Cl)c2F)CS1(=O)=O.